The lowest BCUT2D eigenvalue weighted by Crippen LogP contribution is -2.31. The molecule has 0 aliphatic carbocycles. The van der Waals surface area contributed by atoms with E-state index in [0.29, 0.717) is 23.0 Å². The van der Waals surface area contributed by atoms with Crippen LogP contribution in [0.25, 0.3) is 0 Å². The van der Waals surface area contributed by atoms with Crippen LogP contribution < -0.4 is 10.6 Å². The predicted molar refractivity (Wildman–Crippen MR) is 93.1 cm³/mol. The summed E-state index contributed by atoms with van der Waals surface area (Å²) in [5.74, 6) is -0.415. The molecule has 0 aliphatic rings. The molecule has 8 heteroatoms. The van der Waals surface area contributed by atoms with Crippen LogP contribution in [0, 0.1) is 0 Å². The van der Waals surface area contributed by atoms with Crippen molar-refractivity contribution >= 4 is 34.8 Å². The molecule has 0 bridgehead atoms. The van der Waals surface area contributed by atoms with Gasteiger partial charge in [-0.3, -0.25) is 4.79 Å². The molecular weight excluding hydrogens is 376 g/mol. The molecule has 0 spiro atoms. The zero-order chi connectivity index (χ0) is 18.4. The van der Waals surface area contributed by atoms with Gasteiger partial charge in [-0.1, -0.05) is 41.4 Å². The first kappa shape index (κ1) is 19.4. The van der Waals surface area contributed by atoms with E-state index in [-0.39, 0.29) is 12.2 Å². The van der Waals surface area contributed by atoms with Crippen LogP contribution in [0.2, 0.25) is 10.0 Å². The molecule has 2 rings (SSSR count). The molecule has 0 fully saturated rings. The van der Waals surface area contributed by atoms with Crippen molar-refractivity contribution in [2.75, 3.05) is 18.4 Å². The topological polar surface area (TPSA) is 41.1 Å². The molecule has 2 aromatic carbocycles. The molecule has 25 heavy (non-hydrogen) atoms. The summed E-state index contributed by atoms with van der Waals surface area (Å²) in [7, 11) is 0. The highest BCUT2D eigenvalue weighted by atomic mass is 35.5. The highest BCUT2D eigenvalue weighted by Gasteiger charge is 2.33. The quantitative estimate of drug-likeness (QED) is 0.744. The fourth-order valence-electron chi connectivity index (χ4n) is 2.18. The lowest BCUT2D eigenvalue weighted by molar-refractivity contribution is -0.137. The van der Waals surface area contributed by atoms with E-state index >= 15 is 0 Å². The van der Waals surface area contributed by atoms with Gasteiger partial charge in [-0.05, 0) is 36.2 Å². The minimum atomic E-state index is -4.48. The zero-order valence-corrected chi connectivity index (χ0v) is 14.5. The monoisotopic (exact) mass is 390 g/mol. The molecule has 0 radical (unpaired) electrons. The summed E-state index contributed by atoms with van der Waals surface area (Å²) >= 11 is 11.8. The fraction of sp³-hybridized carbons (Fsp3) is 0.235. The molecule has 1 amide bonds. The van der Waals surface area contributed by atoms with E-state index in [9.17, 15) is 18.0 Å². The van der Waals surface area contributed by atoms with Gasteiger partial charge in [-0.2, -0.15) is 13.2 Å². The SMILES string of the molecule is O=C(CNc1ccccc1C(F)(F)F)NCCc1ccc(Cl)cc1Cl. The van der Waals surface area contributed by atoms with Gasteiger partial charge in [0.15, 0.2) is 0 Å². The largest absolute Gasteiger partial charge is 0.418 e. The van der Waals surface area contributed by atoms with E-state index in [1.54, 1.807) is 18.2 Å². The number of nitrogens with one attached hydrogen (secondary N) is 2. The Labute approximate surface area is 153 Å². The van der Waals surface area contributed by atoms with E-state index in [1.165, 1.54) is 18.2 Å². The lowest BCUT2D eigenvalue weighted by atomic mass is 10.1. The third kappa shape index (κ3) is 5.83. The number of halogens is 5. The molecule has 134 valence electrons. The first-order valence-electron chi connectivity index (χ1n) is 7.38. The molecule has 2 N–H and O–H groups in total. The molecule has 3 nitrogen and oxygen atoms in total. The number of alkyl halides is 3. The zero-order valence-electron chi connectivity index (χ0n) is 13.0. The number of anilines is 1. The highest BCUT2D eigenvalue weighted by molar-refractivity contribution is 6.35. The summed E-state index contributed by atoms with van der Waals surface area (Å²) in [6.45, 7) is 0.0459. The van der Waals surface area contributed by atoms with Gasteiger partial charge in [0.2, 0.25) is 5.91 Å². The normalized spacial score (nSPS) is 11.2. The Morgan fingerprint density at radius 3 is 2.48 bits per heavy atom. The maximum atomic E-state index is 12.9. The van der Waals surface area contributed by atoms with Crippen molar-refractivity contribution in [3.8, 4) is 0 Å². The van der Waals surface area contributed by atoms with Crippen LogP contribution in [0.5, 0.6) is 0 Å². The maximum Gasteiger partial charge on any atom is 0.418 e. The summed E-state index contributed by atoms with van der Waals surface area (Å²) in [4.78, 5) is 11.8. The average molecular weight is 391 g/mol. The van der Waals surface area contributed by atoms with Crippen LogP contribution in [0.15, 0.2) is 42.5 Å². The molecule has 0 atom stereocenters. The second-order valence-electron chi connectivity index (χ2n) is 5.23. The van der Waals surface area contributed by atoms with Gasteiger partial charge in [0.25, 0.3) is 0 Å². The molecule has 0 aliphatic heterocycles. The number of benzene rings is 2. The lowest BCUT2D eigenvalue weighted by Gasteiger charge is -2.14. The van der Waals surface area contributed by atoms with Crippen LogP contribution in [0.4, 0.5) is 18.9 Å². The third-order valence-corrected chi connectivity index (χ3v) is 3.99. The van der Waals surface area contributed by atoms with Gasteiger partial charge in [-0.25, -0.2) is 0 Å². The summed E-state index contributed by atoms with van der Waals surface area (Å²) in [5, 5.41) is 6.16. The Balaban J connectivity index is 1.84. The Hall–Kier alpha value is -1.92. The Morgan fingerprint density at radius 1 is 1.08 bits per heavy atom. The first-order chi connectivity index (χ1) is 11.8. The summed E-state index contributed by atoms with van der Waals surface area (Å²) in [6, 6.07) is 10.1. The van der Waals surface area contributed by atoms with E-state index in [0.717, 1.165) is 11.6 Å². The van der Waals surface area contributed by atoms with Crippen LogP contribution in [-0.4, -0.2) is 19.0 Å². The molecule has 0 saturated heterocycles. The number of amides is 1. The summed E-state index contributed by atoms with van der Waals surface area (Å²) in [6.07, 6.45) is -3.99. The highest BCUT2D eigenvalue weighted by Crippen LogP contribution is 2.34. The number of para-hydroxylation sites is 1. The van der Waals surface area contributed by atoms with Crippen molar-refractivity contribution in [3.05, 3.63) is 63.6 Å². The molecule has 0 heterocycles. The van der Waals surface area contributed by atoms with Gasteiger partial charge in [0.05, 0.1) is 12.1 Å². The van der Waals surface area contributed by atoms with Crippen molar-refractivity contribution in [2.24, 2.45) is 0 Å². The first-order valence-corrected chi connectivity index (χ1v) is 8.13. The molecule has 2 aromatic rings. The Kier molecular flexibility index (Phi) is 6.56. The Bertz CT molecular complexity index is 751. The van der Waals surface area contributed by atoms with E-state index < -0.39 is 17.6 Å². The predicted octanol–water partition coefficient (Wildman–Crippen LogP) is 4.78. The second kappa shape index (κ2) is 8.45. The maximum absolute atomic E-state index is 12.9. The van der Waals surface area contributed by atoms with Gasteiger partial charge < -0.3 is 10.6 Å². The number of hydrogen-bond donors (Lipinski definition) is 2. The van der Waals surface area contributed by atoms with Gasteiger partial charge in [0, 0.05) is 22.3 Å². The molecule has 0 saturated carbocycles. The molecular formula is C17H15Cl2F3N2O. The molecule has 0 aromatic heterocycles. The van der Waals surface area contributed by atoms with E-state index in [1.807, 2.05) is 0 Å². The number of carbonyl (C=O) groups is 1. The summed E-state index contributed by atoms with van der Waals surface area (Å²) < 4.78 is 38.6. The standard InChI is InChI=1S/C17H15Cl2F3N2O/c18-12-6-5-11(14(19)9-12)7-8-23-16(25)10-24-15-4-2-1-3-13(15)17(20,21)22/h1-6,9,24H,7-8,10H2,(H,23,25). The van der Waals surface area contributed by atoms with Crippen LogP contribution in [0.1, 0.15) is 11.1 Å². The number of rotatable bonds is 6. The minimum absolute atomic E-state index is 0.133. The number of hydrogen-bond acceptors (Lipinski definition) is 2. The molecule has 0 unspecified atom stereocenters. The number of carbonyl (C=O) groups excluding carboxylic acids is 1. The van der Waals surface area contributed by atoms with Gasteiger partial charge >= 0.3 is 6.18 Å². The smallest absolute Gasteiger partial charge is 0.376 e. The van der Waals surface area contributed by atoms with Gasteiger partial charge in [0.1, 0.15) is 0 Å². The average Bonchev–Trinajstić information content (AvgIpc) is 2.54. The van der Waals surface area contributed by atoms with E-state index in [2.05, 4.69) is 10.6 Å². The fourth-order valence-corrected chi connectivity index (χ4v) is 2.69. The minimum Gasteiger partial charge on any atom is -0.376 e. The second-order valence-corrected chi connectivity index (χ2v) is 6.08. The third-order valence-electron chi connectivity index (χ3n) is 3.40. The summed E-state index contributed by atoms with van der Waals surface area (Å²) in [5.41, 5.74) is -0.122. The van der Waals surface area contributed by atoms with Gasteiger partial charge in [-0.15, -0.1) is 0 Å². The van der Waals surface area contributed by atoms with Crippen molar-refractivity contribution < 1.29 is 18.0 Å². The van der Waals surface area contributed by atoms with Crippen molar-refractivity contribution in [1.29, 1.82) is 0 Å². The van der Waals surface area contributed by atoms with Crippen LogP contribution in [-0.2, 0) is 17.4 Å². The Morgan fingerprint density at radius 2 is 1.80 bits per heavy atom. The van der Waals surface area contributed by atoms with Crippen molar-refractivity contribution in [1.82, 2.24) is 5.32 Å². The van der Waals surface area contributed by atoms with Crippen molar-refractivity contribution in [3.63, 3.8) is 0 Å². The van der Waals surface area contributed by atoms with Crippen molar-refractivity contribution in [2.45, 2.75) is 12.6 Å². The van der Waals surface area contributed by atoms with Crippen LogP contribution >= 0.6 is 23.2 Å². The van der Waals surface area contributed by atoms with E-state index in [4.69, 9.17) is 23.2 Å². The van der Waals surface area contributed by atoms with Crippen LogP contribution in [0.3, 0.4) is 0 Å².